The first kappa shape index (κ1) is 8.97. The molecule has 2 rings (SSSR count). The second kappa shape index (κ2) is 4.07. The van der Waals surface area contributed by atoms with Gasteiger partial charge >= 0.3 is 0 Å². The Bertz CT molecular complexity index is 241. The third-order valence-electron chi connectivity index (χ3n) is 2.48. The summed E-state index contributed by atoms with van der Waals surface area (Å²) in [4.78, 5) is 6.74. The first-order chi connectivity index (χ1) is 6.42. The van der Waals surface area contributed by atoms with Gasteiger partial charge in [0, 0.05) is 30.7 Å². The smallest absolute Gasteiger partial charge is 0.185 e. The summed E-state index contributed by atoms with van der Waals surface area (Å²) in [6.45, 7) is 5.50. The number of nitrogens with zero attached hydrogens (tertiary/aromatic N) is 2. The lowest BCUT2D eigenvalue weighted by atomic mass is 10.2. The van der Waals surface area contributed by atoms with Crippen molar-refractivity contribution in [1.29, 1.82) is 0 Å². The first-order valence-corrected chi connectivity index (χ1v) is 5.66. The van der Waals surface area contributed by atoms with Gasteiger partial charge in [0.05, 0.1) is 0 Å². The molecule has 1 aliphatic rings. The van der Waals surface area contributed by atoms with Crippen LogP contribution in [0.25, 0.3) is 0 Å². The Labute approximate surface area is 82.8 Å². The van der Waals surface area contributed by atoms with E-state index in [0.29, 0.717) is 6.04 Å². The molecule has 0 bridgehead atoms. The monoisotopic (exact) mass is 197 g/mol. The van der Waals surface area contributed by atoms with Crippen molar-refractivity contribution in [3.05, 3.63) is 11.6 Å². The second-order valence-electron chi connectivity index (χ2n) is 3.25. The molecule has 0 aromatic carbocycles. The van der Waals surface area contributed by atoms with Crippen molar-refractivity contribution in [2.24, 2.45) is 0 Å². The molecule has 1 aliphatic heterocycles. The minimum absolute atomic E-state index is 0.649. The SMILES string of the molecule is CCN(c1nccs1)C1CCNC1. The zero-order valence-corrected chi connectivity index (χ0v) is 8.68. The Hall–Kier alpha value is -0.610. The van der Waals surface area contributed by atoms with Gasteiger partial charge in [0.1, 0.15) is 0 Å². The van der Waals surface area contributed by atoms with Crippen molar-refractivity contribution in [2.75, 3.05) is 24.5 Å². The third kappa shape index (κ3) is 1.84. The van der Waals surface area contributed by atoms with Gasteiger partial charge in [-0.1, -0.05) is 0 Å². The summed E-state index contributed by atoms with van der Waals surface area (Å²) in [5, 5.41) is 6.59. The van der Waals surface area contributed by atoms with E-state index >= 15 is 0 Å². The van der Waals surface area contributed by atoms with E-state index in [-0.39, 0.29) is 0 Å². The van der Waals surface area contributed by atoms with Crippen LogP contribution in [0.2, 0.25) is 0 Å². The molecule has 1 atom stereocenters. The molecule has 1 aromatic heterocycles. The molecule has 2 heterocycles. The summed E-state index contributed by atoms with van der Waals surface area (Å²) in [6.07, 6.45) is 3.12. The number of anilines is 1. The Morgan fingerprint density at radius 2 is 2.69 bits per heavy atom. The second-order valence-corrected chi connectivity index (χ2v) is 4.12. The fraction of sp³-hybridized carbons (Fsp3) is 0.667. The van der Waals surface area contributed by atoms with Gasteiger partial charge in [-0.3, -0.25) is 0 Å². The van der Waals surface area contributed by atoms with E-state index in [2.05, 4.69) is 22.1 Å². The van der Waals surface area contributed by atoms with Gasteiger partial charge in [-0.15, -0.1) is 11.3 Å². The normalized spacial score (nSPS) is 22.1. The highest BCUT2D eigenvalue weighted by Crippen LogP contribution is 2.21. The Kier molecular flexibility index (Phi) is 2.80. The van der Waals surface area contributed by atoms with Gasteiger partial charge in [0.2, 0.25) is 0 Å². The lowest BCUT2D eigenvalue weighted by Crippen LogP contribution is -2.36. The lowest BCUT2D eigenvalue weighted by molar-refractivity contribution is 0.646. The highest BCUT2D eigenvalue weighted by atomic mass is 32.1. The maximum atomic E-state index is 4.35. The Morgan fingerprint density at radius 1 is 1.77 bits per heavy atom. The highest BCUT2D eigenvalue weighted by Gasteiger charge is 2.22. The maximum Gasteiger partial charge on any atom is 0.185 e. The molecule has 13 heavy (non-hydrogen) atoms. The van der Waals surface area contributed by atoms with E-state index in [0.717, 1.165) is 24.8 Å². The molecule has 1 N–H and O–H groups in total. The third-order valence-corrected chi connectivity index (χ3v) is 3.29. The number of aromatic nitrogens is 1. The number of thiazole rings is 1. The van der Waals surface area contributed by atoms with Crippen LogP contribution in [0, 0.1) is 0 Å². The van der Waals surface area contributed by atoms with Crippen molar-refractivity contribution in [3.63, 3.8) is 0 Å². The van der Waals surface area contributed by atoms with Crippen molar-refractivity contribution in [3.8, 4) is 0 Å². The average molecular weight is 197 g/mol. The Balaban J connectivity index is 2.08. The van der Waals surface area contributed by atoms with E-state index < -0.39 is 0 Å². The molecule has 72 valence electrons. The molecular formula is C9H15N3S. The van der Waals surface area contributed by atoms with E-state index in [1.807, 2.05) is 11.6 Å². The zero-order chi connectivity index (χ0) is 9.10. The molecule has 0 radical (unpaired) electrons. The van der Waals surface area contributed by atoms with Crippen LogP contribution in [0.4, 0.5) is 5.13 Å². The summed E-state index contributed by atoms with van der Waals surface area (Å²) in [7, 11) is 0. The van der Waals surface area contributed by atoms with Crippen LogP contribution in [0.1, 0.15) is 13.3 Å². The van der Waals surface area contributed by atoms with Crippen LogP contribution in [0.3, 0.4) is 0 Å². The Morgan fingerprint density at radius 3 is 3.23 bits per heavy atom. The van der Waals surface area contributed by atoms with Crippen LogP contribution >= 0.6 is 11.3 Å². The largest absolute Gasteiger partial charge is 0.344 e. The predicted molar refractivity (Wildman–Crippen MR) is 56.4 cm³/mol. The summed E-state index contributed by atoms with van der Waals surface area (Å²) < 4.78 is 0. The van der Waals surface area contributed by atoms with Crippen molar-refractivity contribution in [1.82, 2.24) is 10.3 Å². The number of hydrogen-bond acceptors (Lipinski definition) is 4. The van der Waals surface area contributed by atoms with E-state index in [4.69, 9.17) is 0 Å². The number of hydrogen-bond donors (Lipinski definition) is 1. The summed E-state index contributed by atoms with van der Waals surface area (Å²) in [5.41, 5.74) is 0. The van der Waals surface area contributed by atoms with Gasteiger partial charge in [0.25, 0.3) is 0 Å². The molecule has 3 nitrogen and oxygen atoms in total. The molecular weight excluding hydrogens is 182 g/mol. The molecule has 1 saturated heterocycles. The minimum atomic E-state index is 0.649. The van der Waals surface area contributed by atoms with Crippen LogP contribution in [-0.4, -0.2) is 30.7 Å². The molecule has 0 amide bonds. The van der Waals surface area contributed by atoms with Crippen LogP contribution in [-0.2, 0) is 0 Å². The highest BCUT2D eigenvalue weighted by molar-refractivity contribution is 7.13. The summed E-state index contributed by atoms with van der Waals surface area (Å²) in [5.74, 6) is 0. The molecule has 1 unspecified atom stereocenters. The van der Waals surface area contributed by atoms with E-state index in [9.17, 15) is 0 Å². The fourth-order valence-electron chi connectivity index (χ4n) is 1.81. The van der Waals surface area contributed by atoms with Crippen LogP contribution in [0.15, 0.2) is 11.6 Å². The van der Waals surface area contributed by atoms with Gasteiger partial charge in [-0.25, -0.2) is 4.98 Å². The first-order valence-electron chi connectivity index (χ1n) is 4.78. The van der Waals surface area contributed by atoms with E-state index in [1.54, 1.807) is 11.3 Å². The van der Waals surface area contributed by atoms with E-state index in [1.165, 1.54) is 6.42 Å². The standard InChI is InChI=1S/C9H15N3S/c1-2-12(8-3-4-10-7-8)9-11-5-6-13-9/h5-6,8,10H,2-4,7H2,1H3. The molecule has 0 aliphatic carbocycles. The predicted octanol–water partition coefficient (Wildman–Crippen LogP) is 1.33. The number of likely N-dealkylation sites (N-methyl/N-ethyl adjacent to an activating group) is 1. The van der Waals surface area contributed by atoms with Crippen LogP contribution < -0.4 is 10.2 Å². The number of nitrogens with one attached hydrogen (secondary N) is 1. The zero-order valence-electron chi connectivity index (χ0n) is 7.86. The topological polar surface area (TPSA) is 28.2 Å². The lowest BCUT2D eigenvalue weighted by Gasteiger charge is -2.26. The summed E-state index contributed by atoms with van der Waals surface area (Å²) in [6, 6.07) is 0.649. The fourth-order valence-corrected chi connectivity index (χ4v) is 2.59. The maximum absolute atomic E-state index is 4.35. The minimum Gasteiger partial charge on any atom is -0.344 e. The van der Waals surface area contributed by atoms with Gasteiger partial charge in [0.15, 0.2) is 5.13 Å². The summed E-state index contributed by atoms with van der Waals surface area (Å²) >= 11 is 1.73. The molecule has 0 spiro atoms. The van der Waals surface area contributed by atoms with Crippen molar-refractivity contribution >= 4 is 16.5 Å². The van der Waals surface area contributed by atoms with Gasteiger partial charge in [-0.2, -0.15) is 0 Å². The van der Waals surface area contributed by atoms with Crippen molar-refractivity contribution in [2.45, 2.75) is 19.4 Å². The quantitative estimate of drug-likeness (QED) is 0.792. The van der Waals surface area contributed by atoms with Gasteiger partial charge in [-0.05, 0) is 19.9 Å². The molecule has 1 aromatic rings. The van der Waals surface area contributed by atoms with Gasteiger partial charge < -0.3 is 10.2 Å². The molecule has 0 saturated carbocycles. The van der Waals surface area contributed by atoms with Crippen molar-refractivity contribution < 1.29 is 0 Å². The number of rotatable bonds is 3. The molecule has 1 fully saturated rings. The average Bonchev–Trinajstić information content (AvgIpc) is 2.76. The van der Waals surface area contributed by atoms with Crippen LogP contribution in [0.5, 0.6) is 0 Å². The molecule has 4 heteroatoms.